The molecule has 0 radical (unpaired) electrons. The van der Waals surface area contributed by atoms with Crippen LogP contribution >= 0.6 is 23.3 Å². The number of thiophene rings is 1. The molecule has 136 valence electrons. The number of phenolic OH excluding ortho intramolecular Hbond substituents is 1. The number of aromatic amines is 1. The highest BCUT2D eigenvalue weighted by Crippen LogP contribution is 2.30. The largest absolute Gasteiger partial charge is 0.506 e. The molecule has 0 aliphatic carbocycles. The molecule has 0 aliphatic heterocycles. The van der Waals surface area contributed by atoms with Crippen LogP contribution in [0.2, 0.25) is 0 Å². The van der Waals surface area contributed by atoms with Crippen LogP contribution in [0.25, 0.3) is 21.7 Å². The van der Waals surface area contributed by atoms with Crippen LogP contribution in [0.15, 0.2) is 58.8 Å². The monoisotopic (exact) mass is 396 g/mol. The van der Waals surface area contributed by atoms with Gasteiger partial charge in [0.05, 0.1) is 10.4 Å². The highest BCUT2D eigenvalue weighted by Gasteiger charge is 2.17. The second-order valence-electron chi connectivity index (χ2n) is 5.86. The van der Waals surface area contributed by atoms with Crippen molar-refractivity contribution in [1.82, 2.24) is 15.3 Å². The summed E-state index contributed by atoms with van der Waals surface area (Å²) >= 11 is 2.72. The average molecular weight is 396 g/mol. The molecule has 0 bridgehead atoms. The fraction of sp³-hybridized carbons (Fsp3) is 0.0526. The molecule has 6 nitrogen and oxygen atoms in total. The lowest BCUT2D eigenvalue weighted by molar-refractivity contribution is 0.0952. The highest BCUT2D eigenvalue weighted by molar-refractivity contribution is 7.97. The molecule has 0 fully saturated rings. The molecule has 0 spiro atoms. The number of nitrogens with zero attached hydrogens (tertiary/aromatic N) is 1. The Morgan fingerprint density at radius 2 is 2.04 bits per heavy atom. The zero-order valence-corrected chi connectivity index (χ0v) is 15.7. The summed E-state index contributed by atoms with van der Waals surface area (Å²) in [4.78, 5) is 22.2. The van der Waals surface area contributed by atoms with Gasteiger partial charge in [0.2, 0.25) is 0 Å². The fourth-order valence-electron chi connectivity index (χ4n) is 2.75. The number of H-pyrrole nitrogens is 1. The number of amides is 1. The lowest BCUT2D eigenvalue weighted by atomic mass is 10.1. The van der Waals surface area contributed by atoms with Gasteiger partial charge in [0.15, 0.2) is 0 Å². The normalized spacial score (nSPS) is 11.0. The second-order valence-corrected chi connectivity index (χ2v) is 7.52. The van der Waals surface area contributed by atoms with E-state index in [-0.39, 0.29) is 11.7 Å². The van der Waals surface area contributed by atoms with Gasteiger partial charge < -0.3 is 15.4 Å². The topological polar surface area (TPSA) is 104 Å². The molecule has 4 rings (SSSR count). The number of rotatable bonds is 5. The number of phenols is 1. The Morgan fingerprint density at radius 1 is 1.22 bits per heavy atom. The summed E-state index contributed by atoms with van der Waals surface area (Å²) in [5.41, 5.74) is 2.29. The first kappa shape index (κ1) is 17.6. The van der Waals surface area contributed by atoms with Crippen LogP contribution in [0.4, 0.5) is 0 Å². The van der Waals surface area contributed by atoms with Crippen LogP contribution < -0.4 is 10.5 Å². The summed E-state index contributed by atoms with van der Waals surface area (Å²) in [5.74, 6) is 0.443. The maximum atomic E-state index is 12.7. The Labute approximate surface area is 163 Å². The minimum absolute atomic E-state index is 0.0618. The van der Waals surface area contributed by atoms with Crippen molar-refractivity contribution < 1.29 is 9.90 Å². The Kier molecular flexibility index (Phi) is 4.85. The first-order chi connectivity index (χ1) is 13.2. The van der Waals surface area contributed by atoms with Crippen molar-refractivity contribution in [2.45, 2.75) is 11.4 Å². The van der Waals surface area contributed by atoms with E-state index in [1.807, 2.05) is 41.8 Å². The highest BCUT2D eigenvalue weighted by atomic mass is 32.2. The summed E-state index contributed by atoms with van der Waals surface area (Å²) in [6.45, 7) is 0.388. The van der Waals surface area contributed by atoms with Crippen LogP contribution in [0.5, 0.6) is 5.75 Å². The molecule has 0 unspecified atom stereocenters. The average Bonchev–Trinajstić information content (AvgIpc) is 3.37. The smallest absolute Gasteiger partial charge is 0.253 e. The number of nitrogens with one attached hydrogen (secondary N) is 2. The number of carbonyl (C=O) groups is 1. The van der Waals surface area contributed by atoms with Gasteiger partial charge >= 0.3 is 0 Å². The number of hydrogen-bond acceptors (Lipinski definition) is 6. The maximum absolute atomic E-state index is 12.7. The van der Waals surface area contributed by atoms with Crippen LogP contribution in [-0.2, 0) is 6.54 Å². The number of benzene rings is 2. The molecule has 0 atom stereocenters. The van der Waals surface area contributed by atoms with Crippen molar-refractivity contribution >= 4 is 40.2 Å². The second kappa shape index (κ2) is 7.43. The molecule has 0 saturated carbocycles. The fourth-order valence-corrected chi connectivity index (χ4v) is 3.72. The molecular weight excluding hydrogens is 380 g/mol. The van der Waals surface area contributed by atoms with E-state index in [0.717, 1.165) is 15.3 Å². The van der Waals surface area contributed by atoms with E-state index in [1.54, 1.807) is 6.07 Å². The minimum Gasteiger partial charge on any atom is -0.506 e. The van der Waals surface area contributed by atoms with E-state index in [9.17, 15) is 9.90 Å². The third kappa shape index (κ3) is 3.55. The molecule has 0 saturated heterocycles. The van der Waals surface area contributed by atoms with Gasteiger partial charge in [0, 0.05) is 11.4 Å². The molecule has 5 N–H and O–H groups in total. The maximum Gasteiger partial charge on any atom is 0.253 e. The number of nitrogens with two attached hydrogens (primary N) is 1. The first-order valence-corrected chi connectivity index (χ1v) is 9.91. The molecule has 2 aromatic carbocycles. The molecule has 0 aliphatic rings. The van der Waals surface area contributed by atoms with E-state index >= 15 is 0 Å². The summed E-state index contributed by atoms with van der Waals surface area (Å²) in [6, 6.07) is 14.6. The molecule has 4 aromatic rings. The molecular formula is C19H16N4O2S2. The molecule has 8 heteroatoms. The minimum atomic E-state index is -0.249. The number of aromatic hydroxyl groups is 1. The molecule has 27 heavy (non-hydrogen) atoms. The Bertz CT molecular complexity index is 1090. The van der Waals surface area contributed by atoms with Crippen LogP contribution in [0.1, 0.15) is 15.9 Å². The van der Waals surface area contributed by atoms with E-state index in [2.05, 4.69) is 15.3 Å². The van der Waals surface area contributed by atoms with Gasteiger partial charge in [-0.05, 0) is 53.2 Å². The summed E-state index contributed by atoms with van der Waals surface area (Å²) < 4.78 is 0. The van der Waals surface area contributed by atoms with Crippen molar-refractivity contribution in [1.29, 1.82) is 0 Å². The summed E-state index contributed by atoms with van der Waals surface area (Å²) in [7, 11) is 0. The van der Waals surface area contributed by atoms with E-state index in [1.165, 1.54) is 29.4 Å². The van der Waals surface area contributed by atoms with Crippen molar-refractivity contribution in [3.63, 3.8) is 0 Å². The predicted octanol–water partition coefficient (Wildman–Crippen LogP) is 3.89. The Hall–Kier alpha value is -2.81. The van der Waals surface area contributed by atoms with Crippen molar-refractivity contribution in [2.75, 3.05) is 0 Å². The first-order valence-electron chi connectivity index (χ1n) is 8.15. The van der Waals surface area contributed by atoms with Gasteiger partial charge in [-0.15, -0.1) is 11.3 Å². The van der Waals surface area contributed by atoms with Gasteiger partial charge in [-0.25, -0.2) is 4.98 Å². The zero-order valence-electron chi connectivity index (χ0n) is 14.1. The standard InChI is InChI=1S/C19H16N4O2S2/c20-27-12-5-3-11(4-6-12)10-21-19(25)13-7-8-14(24)17-16(13)22-18(23-17)15-2-1-9-26-15/h1-9,24H,10,20H2,(H,21,25)(H,22,23). The molecule has 2 aromatic heterocycles. The lowest BCUT2D eigenvalue weighted by Gasteiger charge is -2.07. The molecule has 2 heterocycles. The van der Waals surface area contributed by atoms with Crippen LogP contribution in [-0.4, -0.2) is 21.0 Å². The van der Waals surface area contributed by atoms with Gasteiger partial charge in [-0.2, -0.15) is 0 Å². The third-order valence-corrected chi connectivity index (χ3v) is 5.56. The van der Waals surface area contributed by atoms with Crippen molar-refractivity contribution in [3.8, 4) is 16.5 Å². The Morgan fingerprint density at radius 3 is 2.74 bits per heavy atom. The van der Waals surface area contributed by atoms with Gasteiger partial charge in [0.1, 0.15) is 22.6 Å². The van der Waals surface area contributed by atoms with Gasteiger partial charge in [0.25, 0.3) is 5.91 Å². The SMILES string of the molecule is NSc1ccc(CNC(=O)c2ccc(O)c3[nH]c(-c4cccs4)nc23)cc1. The number of fused-ring (bicyclic) bond motifs is 1. The quantitative estimate of drug-likeness (QED) is 0.383. The van der Waals surface area contributed by atoms with E-state index < -0.39 is 0 Å². The summed E-state index contributed by atoms with van der Waals surface area (Å²) in [6.07, 6.45) is 0. The predicted molar refractivity (Wildman–Crippen MR) is 109 cm³/mol. The zero-order chi connectivity index (χ0) is 18.8. The van der Waals surface area contributed by atoms with Crippen molar-refractivity contribution in [2.24, 2.45) is 5.14 Å². The number of aromatic nitrogens is 2. The van der Waals surface area contributed by atoms with Gasteiger partial charge in [-0.1, -0.05) is 18.2 Å². The van der Waals surface area contributed by atoms with Crippen LogP contribution in [0, 0.1) is 0 Å². The van der Waals surface area contributed by atoms with Gasteiger partial charge in [-0.3, -0.25) is 9.93 Å². The van der Waals surface area contributed by atoms with E-state index in [0.29, 0.717) is 29.0 Å². The Balaban J connectivity index is 1.60. The number of hydrogen-bond donors (Lipinski definition) is 4. The van der Waals surface area contributed by atoms with Crippen molar-refractivity contribution in [3.05, 3.63) is 65.0 Å². The lowest BCUT2D eigenvalue weighted by Crippen LogP contribution is -2.23. The van der Waals surface area contributed by atoms with Crippen LogP contribution in [0.3, 0.4) is 0 Å². The molecule has 1 amide bonds. The number of imidazole rings is 1. The summed E-state index contributed by atoms with van der Waals surface area (Å²) in [5, 5.41) is 20.5. The third-order valence-electron chi connectivity index (χ3n) is 4.13. The van der Waals surface area contributed by atoms with E-state index in [4.69, 9.17) is 5.14 Å². The number of carbonyl (C=O) groups excluding carboxylic acids is 1.